The van der Waals surface area contributed by atoms with Crippen molar-refractivity contribution in [1.29, 1.82) is 0 Å². The number of rotatable bonds is 3. The molecule has 1 heterocycles. The Hall–Kier alpha value is -1.82. The van der Waals surface area contributed by atoms with E-state index in [2.05, 4.69) is 5.10 Å². The molecular formula is C9H8N2O7S2. The molecule has 108 valence electrons. The predicted molar refractivity (Wildman–Crippen MR) is 66.7 cm³/mol. The second kappa shape index (κ2) is 4.63. The van der Waals surface area contributed by atoms with Crippen molar-refractivity contribution < 1.29 is 30.7 Å². The van der Waals surface area contributed by atoms with Gasteiger partial charge in [-0.25, -0.2) is 0 Å². The van der Waals surface area contributed by atoms with Crippen LogP contribution in [0.25, 0.3) is 0 Å². The zero-order valence-electron chi connectivity index (χ0n) is 9.66. The first-order chi connectivity index (χ1) is 9.10. The van der Waals surface area contributed by atoms with E-state index in [-0.39, 0.29) is 6.42 Å². The van der Waals surface area contributed by atoms with E-state index < -0.39 is 41.6 Å². The smallest absolute Gasteiger partial charge is 0.282 e. The van der Waals surface area contributed by atoms with Crippen LogP contribution in [0.1, 0.15) is 6.42 Å². The average molecular weight is 320 g/mol. The van der Waals surface area contributed by atoms with E-state index in [0.29, 0.717) is 5.01 Å². The van der Waals surface area contributed by atoms with Crippen LogP contribution < -0.4 is 5.01 Å². The highest BCUT2D eigenvalue weighted by Gasteiger charge is 2.28. The number of carbonyl (C=O) groups excluding carboxylic acids is 1. The molecule has 0 unspecified atom stereocenters. The van der Waals surface area contributed by atoms with Gasteiger partial charge in [-0.2, -0.15) is 26.9 Å². The first-order valence-corrected chi connectivity index (χ1v) is 7.93. The summed E-state index contributed by atoms with van der Waals surface area (Å²) in [5.41, 5.74) is -0.457. The zero-order chi connectivity index (χ0) is 15.1. The molecule has 9 nitrogen and oxygen atoms in total. The van der Waals surface area contributed by atoms with Gasteiger partial charge < -0.3 is 0 Å². The lowest BCUT2D eigenvalue weighted by Gasteiger charge is -2.15. The Bertz CT molecular complexity index is 811. The Kier molecular flexibility index (Phi) is 3.37. The summed E-state index contributed by atoms with van der Waals surface area (Å²) in [6, 6.07) is 2.28. The molecule has 0 fully saturated rings. The van der Waals surface area contributed by atoms with Crippen molar-refractivity contribution in [2.75, 3.05) is 5.01 Å². The van der Waals surface area contributed by atoms with Crippen LogP contribution in [0.3, 0.4) is 0 Å². The molecule has 0 aromatic heterocycles. The highest BCUT2D eigenvalue weighted by Crippen LogP contribution is 2.30. The Morgan fingerprint density at radius 2 is 1.75 bits per heavy atom. The summed E-state index contributed by atoms with van der Waals surface area (Å²) in [5.74, 6) is -0.609. The SMILES string of the molecule is O=C1CC=NN1c1cc(S(=O)(=O)O)ccc1S(=O)(=O)O. The standard InChI is InChI=1S/C9H8N2O7S2/c12-9-3-4-10-11(9)7-5-6(19(13,14)15)1-2-8(7)20(16,17)18/h1-2,4-5H,3H2,(H,13,14,15)(H,16,17,18). The van der Waals surface area contributed by atoms with Crippen LogP contribution in [0.5, 0.6) is 0 Å². The van der Waals surface area contributed by atoms with E-state index in [4.69, 9.17) is 9.11 Å². The first kappa shape index (κ1) is 14.6. The molecule has 20 heavy (non-hydrogen) atoms. The maximum atomic E-state index is 11.5. The molecule has 2 rings (SSSR count). The summed E-state index contributed by atoms with van der Waals surface area (Å²) in [6.07, 6.45) is 1.09. The van der Waals surface area contributed by atoms with Crippen molar-refractivity contribution in [3.8, 4) is 0 Å². The number of carbonyl (C=O) groups is 1. The molecule has 0 saturated heterocycles. The molecule has 1 aromatic rings. The van der Waals surface area contributed by atoms with Gasteiger partial charge in [0.25, 0.3) is 26.1 Å². The fraction of sp³-hybridized carbons (Fsp3) is 0.111. The molecule has 0 spiro atoms. The minimum absolute atomic E-state index is 0.0962. The van der Waals surface area contributed by atoms with E-state index in [0.717, 1.165) is 18.2 Å². The van der Waals surface area contributed by atoms with Crippen molar-refractivity contribution in [2.45, 2.75) is 16.2 Å². The maximum absolute atomic E-state index is 11.5. The molecule has 1 aromatic carbocycles. The Labute approximate surface area is 114 Å². The topological polar surface area (TPSA) is 141 Å². The van der Waals surface area contributed by atoms with Gasteiger partial charge in [0.2, 0.25) is 0 Å². The Morgan fingerprint density at radius 3 is 2.20 bits per heavy atom. The quantitative estimate of drug-likeness (QED) is 0.741. The molecule has 2 N–H and O–H groups in total. The van der Waals surface area contributed by atoms with Gasteiger partial charge in [0, 0.05) is 6.21 Å². The summed E-state index contributed by atoms with van der Waals surface area (Å²) in [4.78, 5) is 10.2. The second-order valence-corrected chi connectivity index (χ2v) is 6.60. The number of amides is 1. The number of hydrogen-bond acceptors (Lipinski definition) is 6. The van der Waals surface area contributed by atoms with Crippen LogP contribution in [0.4, 0.5) is 5.69 Å². The molecule has 0 radical (unpaired) electrons. The minimum atomic E-state index is -4.70. The number of nitrogens with zero attached hydrogens (tertiary/aromatic N) is 2. The monoisotopic (exact) mass is 320 g/mol. The van der Waals surface area contributed by atoms with E-state index >= 15 is 0 Å². The molecule has 1 aliphatic rings. The minimum Gasteiger partial charge on any atom is -0.282 e. The number of hydrazone groups is 1. The van der Waals surface area contributed by atoms with E-state index in [1.165, 1.54) is 6.21 Å². The van der Waals surface area contributed by atoms with Crippen LogP contribution in [-0.2, 0) is 25.0 Å². The lowest BCUT2D eigenvalue weighted by molar-refractivity contribution is -0.116. The summed E-state index contributed by atoms with van der Waals surface area (Å²) >= 11 is 0. The van der Waals surface area contributed by atoms with E-state index in [9.17, 15) is 21.6 Å². The number of benzene rings is 1. The van der Waals surface area contributed by atoms with Crippen molar-refractivity contribution in [3.05, 3.63) is 18.2 Å². The zero-order valence-corrected chi connectivity index (χ0v) is 11.3. The van der Waals surface area contributed by atoms with Gasteiger partial charge in [-0.3, -0.25) is 13.9 Å². The third kappa shape index (κ3) is 2.70. The van der Waals surface area contributed by atoms with Gasteiger partial charge in [0.15, 0.2) is 0 Å². The predicted octanol–water partition coefficient (Wildman–Crippen LogP) is -0.0975. The Morgan fingerprint density at radius 1 is 1.10 bits per heavy atom. The maximum Gasteiger partial charge on any atom is 0.296 e. The molecule has 1 amide bonds. The number of anilines is 1. The lowest BCUT2D eigenvalue weighted by atomic mass is 10.3. The molecule has 0 saturated carbocycles. The molecule has 0 atom stereocenters. The fourth-order valence-corrected chi connectivity index (χ4v) is 2.74. The Balaban J connectivity index is 2.73. The van der Waals surface area contributed by atoms with Gasteiger partial charge in [-0.15, -0.1) is 0 Å². The molecule has 0 bridgehead atoms. The van der Waals surface area contributed by atoms with Crippen LogP contribution >= 0.6 is 0 Å². The fourth-order valence-electron chi connectivity index (χ4n) is 1.59. The molecule has 1 aliphatic heterocycles. The third-order valence-electron chi connectivity index (χ3n) is 2.43. The normalized spacial score (nSPS) is 15.9. The van der Waals surface area contributed by atoms with Gasteiger partial charge in [-0.1, -0.05) is 0 Å². The largest absolute Gasteiger partial charge is 0.296 e. The van der Waals surface area contributed by atoms with Gasteiger partial charge >= 0.3 is 0 Å². The third-order valence-corrected chi connectivity index (χ3v) is 4.18. The lowest BCUT2D eigenvalue weighted by Crippen LogP contribution is -2.22. The van der Waals surface area contributed by atoms with Crippen LogP contribution in [0, 0.1) is 0 Å². The number of hydrogen-bond donors (Lipinski definition) is 2. The highest BCUT2D eigenvalue weighted by atomic mass is 32.2. The van der Waals surface area contributed by atoms with Crippen molar-refractivity contribution in [1.82, 2.24) is 0 Å². The summed E-state index contributed by atoms with van der Waals surface area (Å²) < 4.78 is 62.6. The van der Waals surface area contributed by atoms with Crippen LogP contribution in [-0.4, -0.2) is 38.1 Å². The summed E-state index contributed by atoms with van der Waals surface area (Å²) in [7, 11) is -9.30. The van der Waals surface area contributed by atoms with Gasteiger partial charge in [-0.05, 0) is 18.2 Å². The van der Waals surface area contributed by atoms with E-state index in [1.54, 1.807) is 0 Å². The highest BCUT2D eigenvalue weighted by molar-refractivity contribution is 7.86. The second-order valence-electron chi connectivity index (χ2n) is 3.79. The van der Waals surface area contributed by atoms with Gasteiger partial charge in [0.05, 0.1) is 17.0 Å². The van der Waals surface area contributed by atoms with E-state index in [1.807, 2.05) is 0 Å². The molecular weight excluding hydrogens is 312 g/mol. The van der Waals surface area contributed by atoms with Crippen molar-refractivity contribution >= 4 is 38.0 Å². The molecule has 11 heteroatoms. The van der Waals surface area contributed by atoms with Crippen molar-refractivity contribution in [2.24, 2.45) is 5.10 Å². The van der Waals surface area contributed by atoms with Crippen LogP contribution in [0.2, 0.25) is 0 Å². The van der Waals surface area contributed by atoms with Crippen LogP contribution in [0.15, 0.2) is 33.1 Å². The summed E-state index contributed by atoms with van der Waals surface area (Å²) in [6.45, 7) is 0. The molecule has 0 aliphatic carbocycles. The average Bonchev–Trinajstić information content (AvgIpc) is 2.72. The van der Waals surface area contributed by atoms with Gasteiger partial charge in [0.1, 0.15) is 4.90 Å². The van der Waals surface area contributed by atoms with Crippen molar-refractivity contribution in [3.63, 3.8) is 0 Å². The first-order valence-electron chi connectivity index (χ1n) is 5.05. The summed E-state index contributed by atoms with van der Waals surface area (Å²) in [5, 5.41) is 4.23.